The Morgan fingerprint density at radius 2 is 1.08 bits per heavy atom. The minimum absolute atomic E-state index is 0.0732. The Balaban J connectivity index is 3.92. The highest BCUT2D eigenvalue weighted by atomic mass is 35.6. The zero-order valence-corrected chi connectivity index (χ0v) is 11.1. The molecule has 0 heterocycles. The SMILES string of the molecule is O=[PH](CC(Cl)(Cl)Cl)CC(Cl)(Cl)Cl. The predicted molar refractivity (Wildman–Crippen MR) is 59.3 cm³/mol. The Labute approximate surface area is 101 Å². The maximum absolute atomic E-state index is 11.2. The lowest BCUT2D eigenvalue weighted by molar-refractivity contribution is 0.587. The third kappa shape index (κ3) is 10.1. The van der Waals surface area contributed by atoms with Crippen LogP contribution in [0.3, 0.4) is 0 Å². The summed E-state index contributed by atoms with van der Waals surface area (Å²) in [5.41, 5.74) is 0. The minimum atomic E-state index is -2.15. The van der Waals surface area contributed by atoms with E-state index in [-0.39, 0.29) is 12.3 Å². The molecule has 0 aromatic carbocycles. The molecule has 0 aliphatic rings. The highest BCUT2D eigenvalue weighted by molar-refractivity contribution is 7.46. The number of alkyl halides is 6. The number of rotatable bonds is 2. The Morgan fingerprint density at radius 3 is 1.25 bits per heavy atom. The lowest BCUT2D eigenvalue weighted by atomic mass is 10.9. The molecular formula is C4H5Cl6OP. The van der Waals surface area contributed by atoms with Crippen molar-refractivity contribution in [2.45, 2.75) is 7.59 Å². The van der Waals surface area contributed by atoms with E-state index in [9.17, 15) is 4.57 Å². The van der Waals surface area contributed by atoms with Crippen LogP contribution < -0.4 is 0 Å². The Kier molecular flexibility index (Phi) is 6.01. The van der Waals surface area contributed by atoms with E-state index < -0.39 is 15.4 Å². The van der Waals surface area contributed by atoms with E-state index in [0.29, 0.717) is 0 Å². The van der Waals surface area contributed by atoms with Gasteiger partial charge in [-0.3, -0.25) is 0 Å². The van der Waals surface area contributed by atoms with Gasteiger partial charge in [-0.05, 0) is 0 Å². The number of hydrogen-bond donors (Lipinski definition) is 0. The van der Waals surface area contributed by atoms with Gasteiger partial charge in [-0.25, -0.2) is 0 Å². The average molecular weight is 313 g/mol. The maximum atomic E-state index is 11.2. The molecule has 0 aliphatic carbocycles. The van der Waals surface area contributed by atoms with Gasteiger partial charge in [-0.1, -0.05) is 69.6 Å². The fourth-order valence-corrected chi connectivity index (χ4v) is 4.21. The van der Waals surface area contributed by atoms with Crippen LogP contribution in [0.4, 0.5) is 0 Å². The monoisotopic (exact) mass is 310 g/mol. The highest BCUT2D eigenvalue weighted by Gasteiger charge is 2.29. The molecule has 0 saturated heterocycles. The molecule has 0 unspecified atom stereocenters. The third-order valence-corrected chi connectivity index (χ3v) is 4.79. The van der Waals surface area contributed by atoms with E-state index in [1.807, 2.05) is 0 Å². The Morgan fingerprint density at radius 1 is 0.833 bits per heavy atom. The summed E-state index contributed by atoms with van der Waals surface area (Å²) in [6, 6.07) is 0. The first kappa shape index (κ1) is 14.0. The first-order valence-electron chi connectivity index (χ1n) is 2.75. The average Bonchev–Trinajstić information content (AvgIpc) is 1.49. The van der Waals surface area contributed by atoms with Gasteiger partial charge in [-0.2, -0.15) is 0 Å². The lowest BCUT2D eigenvalue weighted by Crippen LogP contribution is -2.12. The summed E-state index contributed by atoms with van der Waals surface area (Å²) < 4.78 is 8.08. The molecule has 0 rings (SSSR count). The molecule has 0 radical (unpaired) electrons. The van der Waals surface area contributed by atoms with E-state index in [1.165, 1.54) is 0 Å². The molecule has 12 heavy (non-hydrogen) atoms. The molecule has 0 aliphatic heterocycles. The molecule has 0 spiro atoms. The van der Waals surface area contributed by atoms with E-state index in [1.54, 1.807) is 0 Å². The van der Waals surface area contributed by atoms with Crippen LogP contribution in [0.2, 0.25) is 0 Å². The first-order chi connectivity index (χ1) is 5.10. The Bertz CT molecular complexity index is 151. The lowest BCUT2D eigenvalue weighted by Gasteiger charge is -2.13. The van der Waals surface area contributed by atoms with Gasteiger partial charge in [0.05, 0.1) is 7.80 Å². The van der Waals surface area contributed by atoms with Crippen molar-refractivity contribution in [1.29, 1.82) is 0 Å². The van der Waals surface area contributed by atoms with Crippen molar-refractivity contribution in [3.8, 4) is 0 Å². The summed E-state index contributed by atoms with van der Waals surface area (Å²) >= 11 is 32.3. The van der Waals surface area contributed by atoms with Gasteiger partial charge in [0.15, 0.2) is 7.59 Å². The van der Waals surface area contributed by atoms with Gasteiger partial charge in [0.1, 0.15) is 0 Å². The molecule has 0 amide bonds. The molecule has 74 valence electrons. The largest absolute Gasteiger partial charge is 0.327 e. The smallest absolute Gasteiger partial charge is 0.197 e. The van der Waals surface area contributed by atoms with Gasteiger partial charge >= 0.3 is 0 Å². The fraction of sp³-hybridized carbons (Fsp3) is 1.00. The van der Waals surface area contributed by atoms with Crippen LogP contribution in [-0.4, -0.2) is 19.9 Å². The topological polar surface area (TPSA) is 17.1 Å². The second-order valence-corrected chi connectivity index (χ2v) is 8.94. The zero-order valence-electron chi connectivity index (χ0n) is 5.59. The predicted octanol–water partition coefficient (Wildman–Crippen LogP) is 4.29. The summed E-state index contributed by atoms with van der Waals surface area (Å²) in [6.45, 7) is 0. The highest BCUT2D eigenvalue weighted by Crippen LogP contribution is 2.42. The van der Waals surface area contributed by atoms with Gasteiger partial charge in [-0.15, -0.1) is 0 Å². The molecule has 0 atom stereocenters. The third-order valence-electron chi connectivity index (χ3n) is 0.795. The summed E-state index contributed by atoms with van der Waals surface area (Å²) in [4.78, 5) is 0. The molecule has 0 fully saturated rings. The summed E-state index contributed by atoms with van der Waals surface area (Å²) in [5.74, 6) is 0. The molecule has 8 heteroatoms. The first-order valence-corrected chi connectivity index (χ1v) is 6.84. The molecule has 0 saturated carbocycles. The van der Waals surface area contributed by atoms with Crippen molar-refractivity contribution in [3.63, 3.8) is 0 Å². The second-order valence-electron chi connectivity index (χ2n) is 2.12. The second kappa shape index (κ2) is 5.16. The summed E-state index contributed by atoms with van der Waals surface area (Å²) in [7, 11) is -2.15. The van der Waals surface area contributed by atoms with Crippen molar-refractivity contribution >= 4 is 77.4 Å². The zero-order chi connectivity index (χ0) is 9.99. The molecule has 0 bridgehead atoms. The number of hydrogen-bond acceptors (Lipinski definition) is 1. The van der Waals surface area contributed by atoms with Crippen molar-refractivity contribution in [2.75, 3.05) is 12.3 Å². The fourth-order valence-electron chi connectivity index (χ4n) is 0.510. The Hall–Kier alpha value is 1.97. The van der Waals surface area contributed by atoms with Gasteiger partial charge in [0.25, 0.3) is 0 Å². The van der Waals surface area contributed by atoms with E-state index in [4.69, 9.17) is 69.6 Å². The summed E-state index contributed by atoms with van der Waals surface area (Å²) in [5, 5.41) is 0. The van der Waals surface area contributed by atoms with Crippen LogP contribution in [0.15, 0.2) is 0 Å². The molecule has 0 N–H and O–H groups in total. The quantitative estimate of drug-likeness (QED) is 0.549. The van der Waals surface area contributed by atoms with Crippen molar-refractivity contribution < 1.29 is 4.57 Å². The maximum Gasteiger partial charge on any atom is 0.197 e. The van der Waals surface area contributed by atoms with Crippen LogP contribution in [0, 0.1) is 0 Å². The van der Waals surface area contributed by atoms with Gasteiger partial charge < -0.3 is 4.57 Å². The van der Waals surface area contributed by atoms with Crippen molar-refractivity contribution in [2.24, 2.45) is 0 Å². The van der Waals surface area contributed by atoms with E-state index in [0.717, 1.165) is 0 Å². The van der Waals surface area contributed by atoms with Crippen LogP contribution in [0.1, 0.15) is 0 Å². The van der Waals surface area contributed by atoms with Crippen LogP contribution >= 0.6 is 77.4 Å². The minimum Gasteiger partial charge on any atom is -0.327 e. The molecule has 0 aromatic heterocycles. The van der Waals surface area contributed by atoms with E-state index >= 15 is 0 Å². The molecule has 0 aromatic rings. The standard InChI is InChI=1S/C4H5Cl6OP/c5-3(6,7)1-12(11)2-4(8,9)10/h12H,1-2H2. The number of halogens is 6. The van der Waals surface area contributed by atoms with E-state index in [2.05, 4.69) is 0 Å². The summed E-state index contributed by atoms with van der Waals surface area (Å²) in [6.07, 6.45) is -0.146. The van der Waals surface area contributed by atoms with Gasteiger partial charge in [0, 0.05) is 12.3 Å². The van der Waals surface area contributed by atoms with Crippen LogP contribution in [-0.2, 0) is 4.57 Å². The molecular weight excluding hydrogens is 308 g/mol. The van der Waals surface area contributed by atoms with Gasteiger partial charge in [0.2, 0.25) is 0 Å². The van der Waals surface area contributed by atoms with Crippen molar-refractivity contribution in [1.82, 2.24) is 0 Å². The normalized spacial score (nSPS) is 13.9. The van der Waals surface area contributed by atoms with Crippen molar-refractivity contribution in [3.05, 3.63) is 0 Å². The van der Waals surface area contributed by atoms with Crippen LogP contribution in [0.5, 0.6) is 0 Å². The van der Waals surface area contributed by atoms with Crippen LogP contribution in [0.25, 0.3) is 0 Å². The molecule has 1 nitrogen and oxygen atoms in total.